The van der Waals surface area contributed by atoms with Crippen LogP contribution < -0.4 is 0 Å². The van der Waals surface area contributed by atoms with Crippen LogP contribution in [0.3, 0.4) is 0 Å². The highest BCUT2D eigenvalue weighted by Crippen LogP contribution is 2.16. The van der Waals surface area contributed by atoms with Crippen LogP contribution >= 0.6 is 0 Å². The summed E-state index contributed by atoms with van der Waals surface area (Å²) in [6.45, 7) is 2.27. The SMILES string of the molecule is CCCCCCCCCCc1ccc2ncoc2c1. The summed E-state index contributed by atoms with van der Waals surface area (Å²) < 4.78 is 5.33. The van der Waals surface area contributed by atoms with Gasteiger partial charge in [-0.3, -0.25) is 0 Å². The van der Waals surface area contributed by atoms with Crippen molar-refractivity contribution in [2.24, 2.45) is 0 Å². The summed E-state index contributed by atoms with van der Waals surface area (Å²) in [6, 6.07) is 6.36. The van der Waals surface area contributed by atoms with Crippen molar-refractivity contribution in [3.05, 3.63) is 30.2 Å². The van der Waals surface area contributed by atoms with Crippen LogP contribution in [0.2, 0.25) is 0 Å². The molecule has 2 heteroatoms. The van der Waals surface area contributed by atoms with Crippen molar-refractivity contribution in [3.8, 4) is 0 Å². The van der Waals surface area contributed by atoms with Crippen LogP contribution in [-0.4, -0.2) is 4.98 Å². The molecule has 0 aliphatic rings. The Morgan fingerprint density at radius 3 is 2.47 bits per heavy atom. The van der Waals surface area contributed by atoms with Gasteiger partial charge in [-0.2, -0.15) is 0 Å². The highest BCUT2D eigenvalue weighted by Gasteiger charge is 2.00. The van der Waals surface area contributed by atoms with Crippen molar-refractivity contribution in [1.29, 1.82) is 0 Å². The lowest BCUT2D eigenvalue weighted by Gasteiger charge is -2.02. The average Bonchev–Trinajstić information content (AvgIpc) is 2.89. The van der Waals surface area contributed by atoms with Gasteiger partial charge in [0.25, 0.3) is 0 Å². The fraction of sp³-hybridized carbons (Fsp3) is 0.588. The average molecular weight is 259 g/mol. The first kappa shape index (κ1) is 14.1. The normalized spacial score (nSPS) is 11.2. The van der Waals surface area contributed by atoms with Crippen LogP contribution in [-0.2, 0) is 6.42 Å². The van der Waals surface area contributed by atoms with E-state index in [1.165, 1.54) is 63.3 Å². The van der Waals surface area contributed by atoms with Gasteiger partial charge in [-0.25, -0.2) is 4.98 Å². The zero-order chi connectivity index (χ0) is 13.3. The molecule has 1 aromatic carbocycles. The standard InChI is InChI=1S/C17H25NO/c1-2-3-4-5-6-7-8-9-10-15-11-12-16-17(13-15)19-14-18-16/h11-14H,2-10H2,1H3. The number of fused-ring (bicyclic) bond motifs is 1. The predicted molar refractivity (Wildman–Crippen MR) is 80.3 cm³/mol. The van der Waals surface area contributed by atoms with Crippen molar-refractivity contribution in [3.63, 3.8) is 0 Å². The molecule has 2 rings (SSSR count). The van der Waals surface area contributed by atoms with E-state index < -0.39 is 0 Å². The number of hydrogen-bond donors (Lipinski definition) is 0. The van der Waals surface area contributed by atoms with E-state index in [-0.39, 0.29) is 0 Å². The quantitative estimate of drug-likeness (QED) is 0.555. The van der Waals surface area contributed by atoms with Crippen LogP contribution in [0.5, 0.6) is 0 Å². The smallest absolute Gasteiger partial charge is 0.181 e. The predicted octanol–water partition coefficient (Wildman–Crippen LogP) is 5.51. The Kier molecular flexibility index (Phi) is 5.93. The van der Waals surface area contributed by atoms with E-state index in [9.17, 15) is 0 Å². The maximum Gasteiger partial charge on any atom is 0.181 e. The Balaban J connectivity index is 1.60. The Morgan fingerprint density at radius 1 is 0.947 bits per heavy atom. The topological polar surface area (TPSA) is 26.0 Å². The molecule has 2 aromatic rings. The summed E-state index contributed by atoms with van der Waals surface area (Å²) in [5.74, 6) is 0. The molecule has 0 aliphatic carbocycles. The minimum atomic E-state index is 0.914. The maximum absolute atomic E-state index is 5.33. The Morgan fingerprint density at radius 2 is 1.68 bits per heavy atom. The molecule has 19 heavy (non-hydrogen) atoms. The molecule has 0 amide bonds. The second-order valence-corrected chi connectivity index (χ2v) is 5.38. The summed E-state index contributed by atoms with van der Waals surface area (Å²) in [7, 11) is 0. The van der Waals surface area contributed by atoms with E-state index in [0.717, 1.165) is 17.5 Å². The van der Waals surface area contributed by atoms with Gasteiger partial charge in [-0.05, 0) is 30.5 Å². The lowest BCUT2D eigenvalue weighted by molar-refractivity contribution is 0.575. The minimum absolute atomic E-state index is 0.914. The van der Waals surface area contributed by atoms with Gasteiger partial charge in [0.05, 0.1) is 0 Å². The van der Waals surface area contributed by atoms with Gasteiger partial charge in [0.1, 0.15) is 5.52 Å². The van der Waals surface area contributed by atoms with Gasteiger partial charge in [0, 0.05) is 0 Å². The van der Waals surface area contributed by atoms with Crippen molar-refractivity contribution in [2.45, 2.75) is 64.7 Å². The largest absolute Gasteiger partial charge is 0.443 e. The van der Waals surface area contributed by atoms with Crippen LogP contribution in [0.4, 0.5) is 0 Å². The molecule has 0 aliphatic heterocycles. The Hall–Kier alpha value is -1.31. The molecule has 0 saturated heterocycles. The first-order chi connectivity index (χ1) is 9.40. The van der Waals surface area contributed by atoms with Gasteiger partial charge in [0.15, 0.2) is 12.0 Å². The third-order valence-corrected chi connectivity index (χ3v) is 3.71. The van der Waals surface area contributed by atoms with E-state index >= 15 is 0 Å². The van der Waals surface area contributed by atoms with Gasteiger partial charge < -0.3 is 4.42 Å². The van der Waals surface area contributed by atoms with E-state index in [2.05, 4.69) is 30.1 Å². The molecule has 0 radical (unpaired) electrons. The number of aryl methyl sites for hydroxylation is 1. The summed E-state index contributed by atoms with van der Waals surface area (Å²) in [4.78, 5) is 4.14. The molecule has 0 bridgehead atoms. The zero-order valence-electron chi connectivity index (χ0n) is 12.0. The van der Waals surface area contributed by atoms with E-state index in [0.29, 0.717) is 0 Å². The highest BCUT2D eigenvalue weighted by atomic mass is 16.3. The third-order valence-electron chi connectivity index (χ3n) is 3.71. The van der Waals surface area contributed by atoms with Gasteiger partial charge >= 0.3 is 0 Å². The van der Waals surface area contributed by atoms with Crippen LogP contribution in [0.25, 0.3) is 11.1 Å². The first-order valence-corrected chi connectivity index (χ1v) is 7.72. The summed E-state index contributed by atoms with van der Waals surface area (Å²) in [6.07, 6.45) is 13.7. The lowest BCUT2D eigenvalue weighted by atomic mass is 10.0. The molecule has 1 heterocycles. The lowest BCUT2D eigenvalue weighted by Crippen LogP contribution is -1.86. The molecule has 0 saturated carbocycles. The van der Waals surface area contributed by atoms with E-state index in [1.54, 1.807) is 0 Å². The van der Waals surface area contributed by atoms with Gasteiger partial charge in [-0.15, -0.1) is 0 Å². The third kappa shape index (κ3) is 4.70. The fourth-order valence-corrected chi connectivity index (χ4v) is 2.52. The summed E-state index contributed by atoms with van der Waals surface area (Å²) >= 11 is 0. The van der Waals surface area contributed by atoms with Crippen molar-refractivity contribution >= 4 is 11.1 Å². The monoisotopic (exact) mass is 259 g/mol. The molecule has 0 unspecified atom stereocenters. The number of nitrogens with zero attached hydrogens (tertiary/aromatic N) is 1. The molecule has 0 spiro atoms. The molecule has 0 atom stereocenters. The minimum Gasteiger partial charge on any atom is -0.443 e. The zero-order valence-corrected chi connectivity index (χ0v) is 12.0. The van der Waals surface area contributed by atoms with Crippen LogP contribution in [0.1, 0.15) is 63.9 Å². The second kappa shape index (κ2) is 7.98. The molecule has 1 aromatic heterocycles. The van der Waals surface area contributed by atoms with E-state index in [4.69, 9.17) is 4.42 Å². The number of oxazole rings is 1. The van der Waals surface area contributed by atoms with Crippen LogP contribution in [0, 0.1) is 0 Å². The molecule has 104 valence electrons. The Labute approximate surface area is 116 Å². The van der Waals surface area contributed by atoms with Crippen LogP contribution in [0.15, 0.2) is 29.0 Å². The molecule has 0 fully saturated rings. The van der Waals surface area contributed by atoms with Gasteiger partial charge in [0.2, 0.25) is 0 Å². The fourth-order valence-electron chi connectivity index (χ4n) is 2.52. The number of hydrogen-bond acceptors (Lipinski definition) is 2. The molecule has 2 nitrogen and oxygen atoms in total. The number of aromatic nitrogens is 1. The van der Waals surface area contributed by atoms with Crippen molar-refractivity contribution in [2.75, 3.05) is 0 Å². The molecular weight excluding hydrogens is 234 g/mol. The van der Waals surface area contributed by atoms with Crippen molar-refractivity contribution < 1.29 is 4.42 Å². The van der Waals surface area contributed by atoms with Crippen molar-refractivity contribution in [1.82, 2.24) is 4.98 Å². The first-order valence-electron chi connectivity index (χ1n) is 7.72. The summed E-state index contributed by atoms with van der Waals surface area (Å²) in [5, 5.41) is 0. The second-order valence-electron chi connectivity index (χ2n) is 5.38. The van der Waals surface area contributed by atoms with E-state index in [1.807, 2.05) is 0 Å². The summed E-state index contributed by atoms with van der Waals surface area (Å²) in [5.41, 5.74) is 3.24. The number of rotatable bonds is 9. The molecular formula is C17H25NO. The number of unbranched alkanes of at least 4 members (excludes halogenated alkanes) is 7. The van der Waals surface area contributed by atoms with Gasteiger partial charge in [-0.1, -0.05) is 57.9 Å². The number of benzene rings is 1. The molecule has 0 N–H and O–H groups in total. The maximum atomic E-state index is 5.33. The highest BCUT2D eigenvalue weighted by molar-refractivity contribution is 5.72. The Bertz CT molecular complexity index is 475.